The lowest BCUT2D eigenvalue weighted by Crippen LogP contribution is -1.98. The smallest absolute Gasteiger partial charge is 0.284 e. The van der Waals surface area contributed by atoms with Gasteiger partial charge in [0.15, 0.2) is 0 Å². The summed E-state index contributed by atoms with van der Waals surface area (Å²) in [6.07, 6.45) is -2.98. The third kappa shape index (κ3) is 1.78. The molecule has 1 heterocycles. The van der Waals surface area contributed by atoms with E-state index in [4.69, 9.17) is 15.5 Å². The molecule has 0 aromatic carbocycles. The Morgan fingerprint density at radius 3 is 2.64 bits per heavy atom. The molecule has 0 amide bonds. The van der Waals surface area contributed by atoms with Crippen LogP contribution >= 0.6 is 0 Å². The van der Waals surface area contributed by atoms with Crippen LogP contribution in [0.15, 0.2) is 6.07 Å². The SMILES string of the molecule is N#Cc1cc(CO)c(O)c(C(F)F)n1. The van der Waals surface area contributed by atoms with Gasteiger partial charge in [-0.3, -0.25) is 0 Å². The van der Waals surface area contributed by atoms with Crippen LogP contribution in [-0.4, -0.2) is 15.2 Å². The van der Waals surface area contributed by atoms with Crippen molar-refractivity contribution in [2.45, 2.75) is 13.0 Å². The Balaban J connectivity index is 3.36. The summed E-state index contributed by atoms with van der Waals surface area (Å²) in [5, 5.41) is 26.3. The van der Waals surface area contributed by atoms with Crippen LogP contribution in [0.4, 0.5) is 8.78 Å². The summed E-state index contributed by atoms with van der Waals surface area (Å²) >= 11 is 0. The van der Waals surface area contributed by atoms with Crippen molar-refractivity contribution in [1.82, 2.24) is 4.98 Å². The molecule has 0 radical (unpaired) electrons. The van der Waals surface area contributed by atoms with Crippen LogP contribution < -0.4 is 0 Å². The maximum absolute atomic E-state index is 12.2. The average Bonchev–Trinajstić information content (AvgIpc) is 2.17. The van der Waals surface area contributed by atoms with Crippen molar-refractivity contribution in [2.24, 2.45) is 0 Å². The highest BCUT2D eigenvalue weighted by molar-refractivity contribution is 5.41. The molecular formula is C8H6F2N2O2. The van der Waals surface area contributed by atoms with Gasteiger partial charge in [0.25, 0.3) is 6.43 Å². The van der Waals surface area contributed by atoms with Crippen LogP contribution in [0.5, 0.6) is 5.75 Å². The van der Waals surface area contributed by atoms with E-state index in [0.717, 1.165) is 6.07 Å². The molecule has 0 unspecified atom stereocenters. The van der Waals surface area contributed by atoms with E-state index in [-0.39, 0.29) is 11.3 Å². The van der Waals surface area contributed by atoms with Gasteiger partial charge in [-0.1, -0.05) is 0 Å². The lowest BCUT2D eigenvalue weighted by Gasteiger charge is -2.06. The van der Waals surface area contributed by atoms with Crippen molar-refractivity contribution < 1.29 is 19.0 Å². The summed E-state index contributed by atoms with van der Waals surface area (Å²) in [6, 6.07) is 2.61. The number of pyridine rings is 1. The molecule has 1 rings (SSSR count). The van der Waals surface area contributed by atoms with Gasteiger partial charge in [-0.25, -0.2) is 13.8 Å². The summed E-state index contributed by atoms with van der Waals surface area (Å²) in [5.74, 6) is -0.762. The van der Waals surface area contributed by atoms with Crippen LogP contribution in [0.2, 0.25) is 0 Å². The number of nitrogens with zero attached hydrogens (tertiary/aromatic N) is 2. The number of aliphatic hydroxyl groups excluding tert-OH is 1. The molecule has 0 aliphatic carbocycles. The second-order valence-electron chi connectivity index (χ2n) is 2.47. The van der Waals surface area contributed by atoms with Crippen LogP contribution in [0.3, 0.4) is 0 Å². The summed E-state index contributed by atoms with van der Waals surface area (Å²) in [5.41, 5.74) is -1.28. The molecule has 4 nitrogen and oxygen atoms in total. The number of alkyl halides is 2. The number of aromatic hydroxyl groups is 1. The largest absolute Gasteiger partial charge is 0.505 e. The van der Waals surface area contributed by atoms with E-state index in [9.17, 15) is 8.78 Å². The number of aromatic nitrogens is 1. The lowest BCUT2D eigenvalue weighted by molar-refractivity contribution is 0.141. The summed E-state index contributed by atoms with van der Waals surface area (Å²) < 4.78 is 24.5. The molecule has 74 valence electrons. The first-order valence-electron chi connectivity index (χ1n) is 3.62. The molecule has 1 aromatic rings. The summed E-state index contributed by atoms with van der Waals surface area (Å²) in [7, 11) is 0. The minimum atomic E-state index is -2.98. The minimum Gasteiger partial charge on any atom is -0.505 e. The fraction of sp³-hybridized carbons (Fsp3) is 0.250. The molecule has 0 atom stereocenters. The third-order valence-corrected chi connectivity index (χ3v) is 1.59. The molecule has 0 saturated carbocycles. The fourth-order valence-electron chi connectivity index (χ4n) is 0.943. The minimum absolute atomic E-state index is 0.133. The van der Waals surface area contributed by atoms with E-state index < -0.39 is 24.5 Å². The third-order valence-electron chi connectivity index (χ3n) is 1.59. The second-order valence-corrected chi connectivity index (χ2v) is 2.47. The van der Waals surface area contributed by atoms with Crippen molar-refractivity contribution in [1.29, 1.82) is 5.26 Å². The molecule has 0 aliphatic heterocycles. The monoisotopic (exact) mass is 200 g/mol. The zero-order valence-electron chi connectivity index (χ0n) is 6.91. The lowest BCUT2D eigenvalue weighted by atomic mass is 10.2. The molecule has 0 bridgehead atoms. The van der Waals surface area contributed by atoms with Crippen LogP contribution in [0, 0.1) is 11.3 Å². The van der Waals surface area contributed by atoms with E-state index in [1.807, 2.05) is 0 Å². The maximum atomic E-state index is 12.2. The zero-order chi connectivity index (χ0) is 10.7. The van der Waals surface area contributed by atoms with E-state index in [1.54, 1.807) is 6.07 Å². The first kappa shape index (κ1) is 10.3. The van der Waals surface area contributed by atoms with Gasteiger partial charge in [-0.05, 0) is 6.07 Å². The zero-order valence-corrected chi connectivity index (χ0v) is 6.91. The number of aliphatic hydroxyl groups is 1. The molecule has 0 spiro atoms. The van der Waals surface area contributed by atoms with Gasteiger partial charge < -0.3 is 10.2 Å². The highest BCUT2D eigenvalue weighted by atomic mass is 19.3. The van der Waals surface area contributed by atoms with Crippen molar-refractivity contribution in [3.63, 3.8) is 0 Å². The van der Waals surface area contributed by atoms with Crippen molar-refractivity contribution >= 4 is 0 Å². The van der Waals surface area contributed by atoms with Crippen molar-refractivity contribution in [3.8, 4) is 11.8 Å². The first-order chi connectivity index (χ1) is 6.60. The topological polar surface area (TPSA) is 77.1 Å². The Morgan fingerprint density at radius 2 is 2.21 bits per heavy atom. The predicted molar refractivity (Wildman–Crippen MR) is 41.5 cm³/mol. The molecule has 14 heavy (non-hydrogen) atoms. The van der Waals surface area contributed by atoms with Gasteiger partial charge in [0.2, 0.25) is 0 Å². The Bertz CT molecular complexity index is 388. The van der Waals surface area contributed by atoms with Crippen LogP contribution in [0.1, 0.15) is 23.4 Å². The number of hydrogen-bond acceptors (Lipinski definition) is 4. The fourth-order valence-corrected chi connectivity index (χ4v) is 0.943. The van der Waals surface area contributed by atoms with Crippen LogP contribution in [0.25, 0.3) is 0 Å². The van der Waals surface area contributed by atoms with Gasteiger partial charge >= 0.3 is 0 Å². The second kappa shape index (κ2) is 3.98. The molecular weight excluding hydrogens is 194 g/mol. The molecule has 0 fully saturated rings. The number of rotatable bonds is 2. The van der Waals surface area contributed by atoms with Gasteiger partial charge in [0.1, 0.15) is 23.2 Å². The molecule has 0 saturated heterocycles. The Morgan fingerprint density at radius 1 is 1.57 bits per heavy atom. The number of nitriles is 1. The first-order valence-corrected chi connectivity index (χ1v) is 3.62. The Labute approximate surface area is 78.1 Å². The normalized spacial score (nSPS) is 10.2. The molecule has 6 heteroatoms. The van der Waals surface area contributed by atoms with Crippen molar-refractivity contribution in [2.75, 3.05) is 0 Å². The van der Waals surface area contributed by atoms with E-state index in [1.165, 1.54) is 0 Å². The van der Waals surface area contributed by atoms with Gasteiger partial charge in [-0.15, -0.1) is 0 Å². The standard InChI is InChI=1S/C8H6F2N2O2/c9-8(10)6-7(14)4(3-13)1-5(2-11)12-6/h1,8,13-14H,3H2. The maximum Gasteiger partial charge on any atom is 0.284 e. The summed E-state index contributed by atoms with van der Waals surface area (Å²) in [6.45, 7) is -0.622. The van der Waals surface area contributed by atoms with Crippen LogP contribution in [-0.2, 0) is 6.61 Å². The quantitative estimate of drug-likeness (QED) is 0.749. The highest BCUT2D eigenvalue weighted by Gasteiger charge is 2.18. The average molecular weight is 200 g/mol. The van der Waals surface area contributed by atoms with E-state index in [2.05, 4.69) is 4.98 Å². The number of halogens is 2. The van der Waals surface area contributed by atoms with E-state index in [0.29, 0.717) is 0 Å². The molecule has 0 aliphatic rings. The Hall–Kier alpha value is -1.74. The summed E-state index contributed by atoms with van der Waals surface area (Å²) in [4.78, 5) is 3.23. The van der Waals surface area contributed by atoms with Gasteiger partial charge in [0, 0.05) is 5.56 Å². The van der Waals surface area contributed by atoms with Gasteiger partial charge in [-0.2, -0.15) is 5.26 Å². The highest BCUT2D eigenvalue weighted by Crippen LogP contribution is 2.29. The Kier molecular flexibility index (Phi) is 2.94. The molecule has 2 N–H and O–H groups in total. The number of hydrogen-bond donors (Lipinski definition) is 2. The van der Waals surface area contributed by atoms with Crippen molar-refractivity contribution in [3.05, 3.63) is 23.0 Å². The molecule has 1 aromatic heterocycles. The van der Waals surface area contributed by atoms with E-state index >= 15 is 0 Å². The van der Waals surface area contributed by atoms with Gasteiger partial charge in [0.05, 0.1) is 6.61 Å². The predicted octanol–water partition coefficient (Wildman–Crippen LogP) is 1.09.